The van der Waals surface area contributed by atoms with Gasteiger partial charge in [0.25, 0.3) is 11.8 Å². The number of carbonyl (C=O) groups is 3. The van der Waals surface area contributed by atoms with Gasteiger partial charge < -0.3 is 26.4 Å². The fourth-order valence-electron chi connectivity index (χ4n) is 4.67. The third kappa shape index (κ3) is 6.04. The number of nitrogens with two attached hydrogens (primary N) is 2. The molecule has 3 aromatic rings. The Hall–Kier alpha value is -3.96. The standard InChI is InChI=1S/C28H34N6O4S/c1-16-7-12-21(17(2)14-16)34(28(37)25-22(29)23(26(30)35)32-39-25)24(18-8-10-19(11-9-18)33(3)4)27(36)31-15-20-6-5-13-38-20/h7-12,14,20,24H,5-6,13,15,29H2,1-4H3,(H2,30,35)(H,31,36)/t20-,24-/m1/s1. The third-order valence-corrected chi connectivity index (χ3v) is 7.60. The zero-order valence-corrected chi connectivity index (χ0v) is 23.4. The number of ether oxygens (including phenoxy) is 1. The molecule has 1 aliphatic heterocycles. The second-order valence-electron chi connectivity index (χ2n) is 9.87. The summed E-state index contributed by atoms with van der Waals surface area (Å²) in [5.41, 5.74) is 15.2. The Morgan fingerprint density at radius 1 is 1.15 bits per heavy atom. The molecular formula is C28H34N6O4S. The Balaban J connectivity index is 1.85. The summed E-state index contributed by atoms with van der Waals surface area (Å²) < 4.78 is 9.72. The van der Waals surface area contributed by atoms with Crippen LogP contribution in [0.25, 0.3) is 0 Å². The minimum Gasteiger partial charge on any atom is -0.395 e. The molecule has 1 aromatic heterocycles. The molecule has 0 radical (unpaired) electrons. The summed E-state index contributed by atoms with van der Waals surface area (Å²) in [6.45, 7) is 4.82. The lowest BCUT2D eigenvalue weighted by atomic mass is 10.00. The van der Waals surface area contributed by atoms with Crippen LogP contribution in [0.5, 0.6) is 0 Å². The van der Waals surface area contributed by atoms with E-state index in [2.05, 4.69) is 9.69 Å². The second-order valence-corrected chi connectivity index (χ2v) is 10.6. The molecule has 0 bridgehead atoms. The van der Waals surface area contributed by atoms with Crippen LogP contribution in [-0.4, -0.2) is 55.4 Å². The van der Waals surface area contributed by atoms with Gasteiger partial charge in [-0.05, 0) is 67.5 Å². The van der Waals surface area contributed by atoms with Gasteiger partial charge in [0.1, 0.15) is 10.9 Å². The van der Waals surface area contributed by atoms with Crippen LogP contribution in [0.15, 0.2) is 42.5 Å². The van der Waals surface area contributed by atoms with E-state index in [1.807, 2.05) is 75.3 Å². The first kappa shape index (κ1) is 28.1. The molecule has 4 rings (SSSR count). The lowest BCUT2D eigenvalue weighted by molar-refractivity contribution is -0.123. The Kier molecular flexibility index (Phi) is 8.51. The molecule has 0 saturated carbocycles. The van der Waals surface area contributed by atoms with Crippen LogP contribution in [0.4, 0.5) is 17.1 Å². The minimum absolute atomic E-state index is 0.0330. The monoisotopic (exact) mass is 550 g/mol. The number of nitrogens with one attached hydrogen (secondary N) is 1. The quantitative estimate of drug-likeness (QED) is 0.371. The Morgan fingerprint density at radius 3 is 2.44 bits per heavy atom. The maximum absolute atomic E-state index is 14.2. The van der Waals surface area contributed by atoms with Crippen LogP contribution in [0.1, 0.15) is 55.7 Å². The van der Waals surface area contributed by atoms with Crippen LogP contribution in [0.2, 0.25) is 0 Å². The van der Waals surface area contributed by atoms with Crippen molar-refractivity contribution in [2.45, 2.75) is 38.8 Å². The summed E-state index contributed by atoms with van der Waals surface area (Å²) in [5, 5.41) is 3.00. The molecule has 2 aromatic carbocycles. The number of rotatable bonds is 9. The summed E-state index contributed by atoms with van der Waals surface area (Å²) in [7, 11) is 3.85. The number of anilines is 3. The van der Waals surface area contributed by atoms with E-state index >= 15 is 0 Å². The second kappa shape index (κ2) is 11.8. The van der Waals surface area contributed by atoms with Crippen molar-refractivity contribution in [1.82, 2.24) is 9.69 Å². The number of nitrogens with zero attached hydrogens (tertiary/aromatic N) is 3. The van der Waals surface area contributed by atoms with Gasteiger partial charge in [0.05, 0.1) is 11.8 Å². The lowest BCUT2D eigenvalue weighted by Gasteiger charge is -2.33. The number of aromatic nitrogens is 1. The van der Waals surface area contributed by atoms with Gasteiger partial charge in [-0.2, -0.15) is 4.37 Å². The van der Waals surface area contributed by atoms with E-state index in [9.17, 15) is 14.4 Å². The van der Waals surface area contributed by atoms with E-state index in [0.29, 0.717) is 24.4 Å². The number of primary amides is 1. The van der Waals surface area contributed by atoms with E-state index in [0.717, 1.165) is 41.2 Å². The van der Waals surface area contributed by atoms with Gasteiger partial charge in [0, 0.05) is 38.6 Å². The molecular weight excluding hydrogens is 516 g/mol. The summed E-state index contributed by atoms with van der Waals surface area (Å²) in [6.07, 6.45) is 1.72. The molecule has 0 spiro atoms. The van der Waals surface area contributed by atoms with E-state index in [4.69, 9.17) is 16.2 Å². The number of hydrogen-bond acceptors (Lipinski definition) is 8. The number of amides is 3. The topological polar surface area (TPSA) is 144 Å². The molecule has 5 N–H and O–H groups in total. The van der Waals surface area contributed by atoms with Crippen molar-refractivity contribution in [2.24, 2.45) is 5.73 Å². The van der Waals surface area contributed by atoms with Gasteiger partial charge in [0.15, 0.2) is 5.69 Å². The maximum atomic E-state index is 14.2. The smallest absolute Gasteiger partial charge is 0.273 e. The summed E-state index contributed by atoms with van der Waals surface area (Å²) in [5.74, 6) is -1.75. The number of hydrogen-bond donors (Lipinski definition) is 3. The average molecular weight is 551 g/mol. The molecule has 1 fully saturated rings. The minimum atomic E-state index is -1.05. The highest BCUT2D eigenvalue weighted by atomic mass is 32.1. The SMILES string of the molecule is Cc1ccc(N(C(=O)c2snc(C(N)=O)c2N)[C@@H](C(=O)NC[C@H]2CCCO2)c2ccc(N(C)C)cc2)c(C)c1. The van der Waals surface area contributed by atoms with Gasteiger partial charge in [-0.25, -0.2) is 0 Å². The van der Waals surface area contributed by atoms with E-state index < -0.39 is 17.9 Å². The van der Waals surface area contributed by atoms with Gasteiger partial charge in [-0.1, -0.05) is 29.8 Å². The molecule has 0 unspecified atom stereocenters. The van der Waals surface area contributed by atoms with E-state index in [1.165, 1.54) is 4.90 Å². The molecule has 2 atom stereocenters. The zero-order valence-electron chi connectivity index (χ0n) is 22.6. The number of aryl methyl sites for hydroxylation is 2. The molecule has 206 valence electrons. The van der Waals surface area contributed by atoms with Crippen molar-refractivity contribution in [3.63, 3.8) is 0 Å². The van der Waals surface area contributed by atoms with Gasteiger partial charge >= 0.3 is 0 Å². The first-order valence-corrected chi connectivity index (χ1v) is 13.5. The molecule has 1 saturated heterocycles. The number of nitrogen functional groups attached to an aromatic ring is 1. The normalized spacial score (nSPS) is 15.5. The van der Waals surface area contributed by atoms with Crippen molar-refractivity contribution in [2.75, 3.05) is 42.8 Å². The molecule has 39 heavy (non-hydrogen) atoms. The van der Waals surface area contributed by atoms with Crippen LogP contribution >= 0.6 is 11.5 Å². The summed E-state index contributed by atoms with van der Waals surface area (Å²) >= 11 is 0.784. The lowest BCUT2D eigenvalue weighted by Crippen LogP contribution is -2.46. The summed E-state index contributed by atoms with van der Waals surface area (Å²) in [4.78, 5) is 43.4. The molecule has 10 nitrogen and oxygen atoms in total. The number of carbonyl (C=O) groups excluding carboxylic acids is 3. The van der Waals surface area contributed by atoms with Crippen molar-refractivity contribution in [3.8, 4) is 0 Å². The van der Waals surface area contributed by atoms with Crippen molar-refractivity contribution in [3.05, 3.63) is 69.7 Å². The highest BCUT2D eigenvalue weighted by Gasteiger charge is 2.37. The Labute approximate surface area is 232 Å². The predicted octanol–water partition coefficient (Wildman–Crippen LogP) is 3.19. The van der Waals surface area contributed by atoms with Crippen LogP contribution < -0.4 is 26.6 Å². The van der Waals surface area contributed by atoms with Crippen LogP contribution in [0, 0.1) is 13.8 Å². The van der Waals surface area contributed by atoms with Gasteiger partial charge in [-0.3, -0.25) is 19.3 Å². The van der Waals surface area contributed by atoms with Gasteiger partial charge in [0.2, 0.25) is 5.91 Å². The largest absolute Gasteiger partial charge is 0.395 e. The number of benzene rings is 2. The first-order chi connectivity index (χ1) is 18.6. The maximum Gasteiger partial charge on any atom is 0.273 e. The van der Waals surface area contributed by atoms with Crippen molar-refractivity contribution >= 4 is 46.3 Å². The molecule has 3 amide bonds. The molecule has 2 heterocycles. The Bertz CT molecular complexity index is 1360. The fourth-order valence-corrected chi connectivity index (χ4v) is 5.41. The van der Waals surface area contributed by atoms with Gasteiger partial charge in [-0.15, -0.1) is 0 Å². The first-order valence-electron chi connectivity index (χ1n) is 12.7. The zero-order chi connectivity index (χ0) is 28.3. The van der Waals surface area contributed by atoms with Crippen LogP contribution in [0.3, 0.4) is 0 Å². The highest BCUT2D eigenvalue weighted by Crippen LogP contribution is 2.35. The fraction of sp³-hybridized carbons (Fsp3) is 0.357. The van der Waals surface area contributed by atoms with Crippen molar-refractivity contribution < 1.29 is 19.1 Å². The van der Waals surface area contributed by atoms with E-state index in [-0.39, 0.29) is 28.3 Å². The molecule has 1 aliphatic rings. The van der Waals surface area contributed by atoms with Crippen LogP contribution in [-0.2, 0) is 9.53 Å². The third-order valence-electron chi connectivity index (χ3n) is 6.75. The highest BCUT2D eigenvalue weighted by molar-refractivity contribution is 7.09. The summed E-state index contributed by atoms with van der Waals surface area (Å²) in [6, 6.07) is 12.0. The Morgan fingerprint density at radius 2 is 1.87 bits per heavy atom. The predicted molar refractivity (Wildman–Crippen MR) is 153 cm³/mol. The van der Waals surface area contributed by atoms with E-state index in [1.54, 1.807) is 0 Å². The molecule has 0 aliphatic carbocycles. The average Bonchev–Trinajstić information content (AvgIpc) is 3.56. The molecule has 11 heteroatoms. The van der Waals surface area contributed by atoms with Crippen molar-refractivity contribution in [1.29, 1.82) is 0 Å².